The van der Waals surface area contributed by atoms with E-state index in [1.165, 1.54) is 10.5 Å². The summed E-state index contributed by atoms with van der Waals surface area (Å²) in [5.74, 6) is -0.191. The highest BCUT2D eigenvalue weighted by Gasteiger charge is 2.41. The molecule has 1 aliphatic heterocycles. The number of carbonyl (C=O) groups excluding carboxylic acids is 2. The van der Waals surface area contributed by atoms with Gasteiger partial charge < -0.3 is 0 Å². The second kappa shape index (κ2) is 7.65. The average Bonchev–Trinajstić information content (AvgIpc) is 2.79. The minimum Gasteiger partial charge on any atom is -0.274 e. The average molecular weight is 386 g/mol. The number of nitrogens with zero attached hydrogens (tertiary/aromatic N) is 1. The topological polar surface area (TPSA) is 37.4 Å². The lowest BCUT2D eigenvalue weighted by molar-refractivity contribution is -0.121. The predicted octanol–water partition coefficient (Wildman–Crippen LogP) is 5.47. The van der Waals surface area contributed by atoms with Gasteiger partial charge in [-0.3, -0.25) is 9.59 Å². The van der Waals surface area contributed by atoms with Crippen LogP contribution in [0.5, 0.6) is 0 Å². The van der Waals surface area contributed by atoms with E-state index in [4.69, 9.17) is 0 Å². The fraction of sp³-hybridized carbons (Fsp3) is 0.636. The standard InChI is InChI=1S/C22H33BNO2S/c1-20(2,3)27-17-13-18(25)24(19(17)26)16-11-9-15(10-12-16)21(4,5)14-22(6,7)23-8/h9-12,17H,13-14H2,1-8H3. The first kappa shape index (κ1) is 22.1. The summed E-state index contributed by atoms with van der Waals surface area (Å²) in [6.07, 6.45) is 1.32. The van der Waals surface area contributed by atoms with Crippen molar-refractivity contribution in [1.82, 2.24) is 0 Å². The van der Waals surface area contributed by atoms with E-state index in [0.717, 1.165) is 6.42 Å². The van der Waals surface area contributed by atoms with Gasteiger partial charge in [0.2, 0.25) is 11.8 Å². The number of thioether (sulfide) groups is 1. The first-order valence-corrected chi connectivity index (χ1v) is 10.6. The minimum absolute atomic E-state index is 0.0121. The van der Waals surface area contributed by atoms with Crippen molar-refractivity contribution in [2.45, 2.75) is 88.9 Å². The van der Waals surface area contributed by atoms with Crippen molar-refractivity contribution in [3.8, 4) is 0 Å². The Bertz CT molecular complexity index is 704. The normalized spacial score (nSPS) is 19.0. The van der Waals surface area contributed by atoms with E-state index >= 15 is 0 Å². The van der Waals surface area contributed by atoms with E-state index in [2.05, 4.69) is 74.7 Å². The Morgan fingerprint density at radius 2 is 1.59 bits per heavy atom. The van der Waals surface area contributed by atoms with Crippen LogP contribution in [0.4, 0.5) is 5.69 Å². The highest BCUT2D eigenvalue weighted by atomic mass is 32.2. The molecule has 2 rings (SSSR count). The molecule has 1 radical (unpaired) electrons. The molecule has 1 fully saturated rings. The second-order valence-corrected chi connectivity index (χ2v) is 11.9. The molecule has 0 N–H and O–H groups in total. The molecule has 3 nitrogen and oxygen atoms in total. The van der Waals surface area contributed by atoms with Gasteiger partial charge in [-0.1, -0.05) is 72.7 Å². The number of hydrogen-bond donors (Lipinski definition) is 0. The summed E-state index contributed by atoms with van der Waals surface area (Å²) in [7, 11) is 2.25. The first-order valence-electron chi connectivity index (χ1n) is 9.71. The fourth-order valence-corrected chi connectivity index (χ4v) is 5.08. The zero-order valence-corrected chi connectivity index (χ0v) is 18.9. The number of hydrogen-bond acceptors (Lipinski definition) is 3. The van der Waals surface area contributed by atoms with Crippen LogP contribution in [0.3, 0.4) is 0 Å². The zero-order valence-electron chi connectivity index (χ0n) is 18.1. The van der Waals surface area contributed by atoms with Gasteiger partial charge in [-0.2, -0.15) is 0 Å². The highest BCUT2D eigenvalue weighted by Crippen LogP contribution is 2.41. The number of carbonyl (C=O) groups is 2. The molecule has 2 amide bonds. The van der Waals surface area contributed by atoms with E-state index in [9.17, 15) is 9.59 Å². The molecule has 5 heteroatoms. The van der Waals surface area contributed by atoms with Crippen LogP contribution >= 0.6 is 11.8 Å². The second-order valence-electron chi connectivity index (χ2n) is 9.88. The molecule has 1 aromatic carbocycles. The van der Waals surface area contributed by atoms with Crippen LogP contribution in [-0.4, -0.2) is 29.1 Å². The molecular formula is C22H33BNO2S. The fourth-order valence-electron chi connectivity index (χ4n) is 3.80. The summed E-state index contributed by atoms with van der Waals surface area (Å²) in [6.45, 7) is 17.3. The van der Waals surface area contributed by atoms with Crippen LogP contribution in [0.2, 0.25) is 12.1 Å². The van der Waals surface area contributed by atoms with Crippen LogP contribution in [-0.2, 0) is 15.0 Å². The van der Waals surface area contributed by atoms with Crippen LogP contribution in [0, 0.1) is 0 Å². The Morgan fingerprint density at radius 1 is 1.04 bits per heavy atom. The maximum Gasteiger partial charge on any atom is 0.247 e. The molecular weight excluding hydrogens is 353 g/mol. The van der Waals surface area contributed by atoms with Gasteiger partial charge in [-0.25, -0.2) is 4.90 Å². The predicted molar refractivity (Wildman–Crippen MR) is 118 cm³/mol. The van der Waals surface area contributed by atoms with Crippen molar-refractivity contribution >= 4 is 36.5 Å². The number of amides is 2. The Kier molecular flexibility index (Phi) is 6.26. The van der Waals surface area contributed by atoms with Gasteiger partial charge >= 0.3 is 0 Å². The molecule has 27 heavy (non-hydrogen) atoms. The lowest BCUT2D eigenvalue weighted by atomic mass is 9.51. The van der Waals surface area contributed by atoms with Crippen LogP contribution in [0.15, 0.2) is 24.3 Å². The lowest BCUT2D eigenvalue weighted by Gasteiger charge is -2.35. The largest absolute Gasteiger partial charge is 0.274 e. The molecule has 1 saturated heterocycles. The molecule has 0 aliphatic carbocycles. The molecule has 0 bridgehead atoms. The van der Waals surface area contributed by atoms with E-state index in [1.54, 1.807) is 11.8 Å². The van der Waals surface area contributed by atoms with Crippen LogP contribution < -0.4 is 4.90 Å². The number of imide groups is 1. The molecule has 0 spiro atoms. The molecule has 0 saturated carbocycles. The van der Waals surface area contributed by atoms with Gasteiger partial charge in [0.1, 0.15) is 7.28 Å². The van der Waals surface area contributed by atoms with E-state index in [1.807, 2.05) is 12.1 Å². The van der Waals surface area contributed by atoms with Gasteiger partial charge in [0.05, 0.1) is 10.9 Å². The Morgan fingerprint density at radius 3 is 2.07 bits per heavy atom. The Labute approximate surface area is 169 Å². The third-order valence-corrected chi connectivity index (χ3v) is 6.55. The highest BCUT2D eigenvalue weighted by molar-refractivity contribution is 8.02. The van der Waals surface area contributed by atoms with Crippen molar-refractivity contribution in [2.75, 3.05) is 4.90 Å². The SMILES string of the molecule is C[B]C(C)(C)CC(C)(C)c1ccc(N2C(=O)CC(SC(C)(C)C)C2=O)cc1. The van der Waals surface area contributed by atoms with Crippen molar-refractivity contribution in [1.29, 1.82) is 0 Å². The monoisotopic (exact) mass is 386 g/mol. The Hall–Kier alpha value is -1.23. The van der Waals surface area contributed by atoms with Gasteiger partial charge in [0, 0.05) is 11.2 Å². The first-order chi connectivity index (χ1) is 12.3. The molecule has 1 aliphatic rings. The van der Waals surface area contributed by atoms with Gasteiger partial charge in [-0.15, -0.1) is 11.8 Å². The van der Waals surface area contributed by atoms with Gasteiger partial charge in [0.25, 0.3) is 0 Å². The van der Waals surface area contributed by atoms with E-state index < -0.39 is 0 Å². The Balaban J connectivity index is 2.20. The van der Waals surface area contributed by atoms with Crippen molar-refractivity contribution < 1.29 is 9.59 Å². The number of benzene rings is 1. The summed E-state index contributed by atoms with van der Waals surface area (Å²) in [4.78, 5) is 26.6. The molecule has 1 atom stereocenters. The van der Waals surface area contributed by atoms with Gasteiger partial charge in [0.15, 0.2) is 0 Å². The third kappa shape index (κ3) is 5.40. The summed E-state index contributed by atoms with van der Waals surface area (Å²) in [6, 6.07) is 7.96. The van der Waals surface area contributed by atoms with Crippen LogP contribution in [0.1, 0.15) is 66.9 Å². The summed E-state index contributed by atoms with van der Waals surface area (Å²) in [5, 5.41) is -0.130. The van der Waals surface area contributed by atoms with Gasteiger partial charge in [-0.05, 0) is 29.5 Å². The summed E-state index contributed by atoms with van der Waals surface area (Å²) >= 11 is 1.58. The quantitative estimate of drug-likeness (QED) is 0.481. The summed E-state index contributed by atoms with van der Waals surface area (Å²) < 4.78 is -0.0480. The van der Waals surface area contributed by atoms with E-state index in [0.29, 0.717) is 5.69 Å². The maximum atomic E-state index is 12.8. The molecule has 147 valence electrons. The smallest absolute Gasteiger partial charge is 0.247 e. The van der Waals surface area contributed by atoms with Crippen molar-refractivity contribution in [3.05, 3.63) is 29.8 Å². The van der Waals surface area contributed by atoms with E-state index in [-0.39, 0.29) is 39.0 Å². The van der Waals surface area contributed by atoms with Crippen molar-refractivity contribution in [3.63, 3.8) is 0 Å². The maximum absolute atomic E-state index is 12.8. The van der Waals surface area contributed by atoms with Crippen LogP contribution in [0.25, 0.3) is 0 Å². The summed E-state index contributed by atoms with van der Waals surface area (Å²) in [5.41, 5.74) is 1.92. The van der Waals surface area contributed by atoms with Crippen molar-refractivity contribution in [2.24, 2.45) is 0 Å². The molecule has 1 unspecified atom stereocenters. The number of rotatable bonds is 6. The molecule has 1 aromatic rings. The molecule has 0 aromatic heterocycles. The lowest BCUT2D eigenvalue weighted by Crippen LogP contribution is -2.32. The molecule has 1 heterocycles. The third-order valence-electron chi connectivity index (χ3n) is 5.19. The number of anilines is 1. The minimum atomic E-state index is -0.283. The zero-order chi connectivity index (χ0) is 20.6.